The molecule has 0 saturated carbocycles. The summed E-state index contributed by atoms with van der Waals surface area (Å²) in [5.74, 6) is -1.66. The molecule has 154 valence electrons. The number of carbonyl (C=O) groups excluding carboxylic acids is 2. The van der Waals surface area contributed by atoms with Gasteiger partial charge in [0.25, 0.3) is 0 Å². The fraction of sp³-hybridized carbons (Fsp3) is 0.227. The summed E-state index contributed by atoms with van der Waals surface area (Å²) in [5.41, 5.74) is 0.351. The lowest BCUT2D eigenvalue weighted by molar-refractivity contribution is -0.149. The van der Waals surface area contributed by atoms with Crippen molar-refractivity contribution in [1.29, 1.82) is 0 Å². The lowest BCUT2D eigenvalue weighted by Crippen LogP contribution is -2.27. The molecule has 0 bridgehead atoms. The molecule has 1 amide bonds. The van der Waals surface area contributed by atoms with Gasteiger partial charge in [0.15, 0.2) is 0 Å². The summed E-state index contributed by atoms with van der Waals surface area (Å²) in [4.78, 5) is 37.9. The molecule has 0 spiro atoms. The van der Waals surface area contributed by atoms with E-state index in [0.717, 1.165) is 0 Å². The van der Waals surface area contributed by atoms with Crippen molar-refractivity contribution in [3.8, 4) is 5.75 Å². The largest absolute Gasteiger partial charge is 0.497 e. The molecule has 1 saturated heterocycles. The number of para-hydroxylation sites is 1. The summed E-state index contributed by atoms with van der Waals surface area (Å²) in [5, 5.41) is 0.610. The van der Waals surface area contributed by atoms with Crippen molar-refractivity contribution in [3.63, 3.8) is 0 Å². The predicted octanol–water partition coefficient (Wildman–Crippen LogP) is 3.04. The zero-order valence-corrected chi connectivity index (χ0v) is 16.1. The number of halogens is 1. The summed E-state index contributed by atoms with van der Waals surface area (Å²) in [7, 11) is 1.50. The molecule has 1 atom stereocenters. The van der Waals surface area contributed by atoms with Crippen LogP contribution in [0.4, 0.5) is 10.1 Å². The van der Waals surface area contributed by atoms with Crippen LogP contribution in [0.25, 0.3) is 11.0 Å². The van der Waals surface area contributed by atoms with Crippen LogP contribution in [-0.4, -0.2) is 25.5 Å². The summed E-state index contributed by atoms with van der Waals surface area (Å²) >= 11 is 0. The fourth-order valence-electron chi connectivity index (χ4n) is 3.49. The first kappa shape index (κ1) is 19.6. The number of hydrogen-bond donors (Lipinski definition) is 0. The van der Waals surface area contributed by atoms with Crippen molar-refractivity contribution < 1.29 is 27.9 Å². The third-order valence-corrected chi connectivity index (χ3v) is 5.01. The number of nitrogens with zero attached hydrogens (tertiary/aromatic N) is 1. The lowest BCUT2D eigenvalue weighted by Gasteiger charge is -2.17. The second-order valence-corrected chi connectivity index (χ2v) is 6.92. The molecule has 8 heteroatoms. The van der Waals surface area contributed by atoms with Crippen LogP contribution in [0, 0.1) is 11.7 Å². The van der Waals surface area contributed by atoms with E-state index in [1.54, 1.807) is 24.3 Å². The number of fused-ring (bicyclic) bond motifs is 1. The van der Waals surface area contributed by atoms with Gasteiger partial charge in [-0.2, -0.15) is 0 Å². The molecule has 0 unspecified atom stereocenters. The molecule has 2 heterocycles. The van der Waals surface area contributed by atoms with Crippen molar-refractivity contribution in [1.82, 2.24) is 0 Å². The molecule has 1 fully saturated rings. The van der Waals surface area contributed by atoms with Gasteiger partial charge in [-0.15, -0.1) is 0 Å². The van der Waals surface area contributed by atoms with Crippen molar-refractivity contribution in [2.24, 2.45) is 5.92 Å². The molecule has 4 rings (SSSR count). The van der Waals surface area contributed by atoms with Crippen LogP contribution < -0.4 is 15.3 Å². The number of esters is 1. The van der Waals surface area contributed by atoms with E-state index in [1.165, 1.54) is 36.3 Å². The van der Waals surface area contributed by atoms with E-state index in [4.69, 9.17) is 13.9 Å². The Balaban J connectivity index is 1.48. The number of benzene rings is 2. The SMILES string of the molecule is COc1ccc2c(COC(=O)[C@H]3CC(=O)N(c4ccccc4F)C3)cc(=O)oc2c1. The third-order valence-electron chi connectivity index (χ3n) is 5.01. The topological polar surface area (TPSA) is 86.0 Å². The number of ether oxygens (including phenoxy) is 2. The Labute approximate surface area is 170 Å². The number of amides is 1. The molecule has 1 aliphatic heterocycles. The first-order chi connectivity index (χ1) is 14.5. The number of methoxy groups -OCH3 is 1. The quantitative estimate of drug-likeness (QED) is 0.474. The van der Waals surface area contributed by atoms with Crippen molar-refractivity contribution in [2.75, 3.05) is 18.6 Å². The molecular weight excluding hydrogens is 393 g/mol. The molecule has 2 aromatic carbocycles. The highest BCUT2D eigenvalue weighted by molar-refractivity contribution is 5.99. The molecule has 1 aromatic heterocycles. The van der Waals surface area contributed by atoms with Gasteiger partial charge in [-0.3, -0.25) is 9.59 Å². The van der Waals surface area contributed by atoms with Gasteiger partial charge in [-0.1, -0.05) is 12.1 Å². The second-order valence-electron chi connectivity index (χ2n) is 6.92. The summed E-state index contributed by atoms with van der Waals surface area (Å²) in [6, 6.07) is 12.1. The van der Waals surface area contributed by atoms with Crippen LogP contribution in [0.15, 0.2) is 57.7 Å². The van der Waals surface area contributed by atoms with E-state index in [-0.39, 0.29) is 31.2 Å². The van der Waals surface area contributed by atoms with Crippen molar-refractivity contribution in [2.45, 2.75) is 13.0 Å². The van der Waals surface area contributed by atoms with E-state index in [9.17, 15) is 18.8 Å². The minimum absolute atomic E-state index is 0.0352. The van der Waals surface area contributed by atoms with E-state index in [0.29, 0.717) is 22.3 Å². The lowest BCUT2D eigenvalue weighted by atomic mass is 10.1. The first-order valence-electron chi connectivity index (χ1n) is 9.28. The van der Waals surface area contributed by atoms with E-state index >= 15 is 0 Å². The smallest absolute Gasteiger partial charge is 0.336 e. The molecule has 7 nitrogen and oxygen atoms in total. The predicted molar refractivity (Wildman–Crippen MR) is 106 cm³/mol. The molecule has 0 radical (unpaired) electrons. The monoisotopic (exact) mass is 411 g/mol. The number of rotatable bonds is 5. The van der Waals surface area contributed by atoms with Gasteiger partial charge in [0.2, 0.25) is 5.91 Å². The van der Waals surface area contributed by atoms with Gasteiger partial charge < -0.3 is 18.8 Å². The van der Waals surface area contributed by atoms with Gasteiger partial charge >= 0.3 is 11.6 Å². The Bertz CT molecular complexity index is 1190. The minimum atomic E-state index is -0.719. The molecule has 0 N–H and O–H groups in total. The van der Waals surface area contributed by atoms with Crippen LogP contribution in [0.3, 0.4) is 0 Å². The Morgan fingerprint density at radius 3 is 2.77 bits per heavy atom. The second kappa shape index (κ2) is 7.98. The zero-order chi connectivity index (χ0) is 21.3. The van der Waals surface area contributed by atoms with Gasteiger partial charge in [0, 0.05) is 36.0 Å². The molecule has 1 aliphatic rings. The molecule has 3 aromatic rings. The maximum Gasteiger partial charge on any atom is 0.336 e. The van der Waals surface area contributed by atoms with Gasteiger partial charge in [0.1, 0.15) is 23.8 Å². The van der Waals surface area contributed by atoms with E-state index in [1.807, 2.05) is 0 Å². The third kappa shape index (κ3) is 3.76. The van der Waals surface area contributed by atoms with Crippen LogP contribution in [0.5, 0.6) is 5.75 Å². The Kier molecular flexibility index (Phi) is 5.22. The standard InChI is InChI=1S/C22H18FNO6/c1-28-15-6-7-16-14(9-21(26)30-19(16)10-15)12-29-22(27)13-8-20(25)24(11-13)18-5-3-2-4-17(18)23/h2-7,9-10,13H,8,11-12H2,1H3/t13-/m0/s1. The Hall–Kier alpha value is -3.68. The number of carbonyl (C=O) groups is 2. The summed E-state index contributed by atoms with van der Waals surface area (Å²) < 4.78 is 29.7. The molecular formula is C22H18FNO6. The maximum atomic E-state index is 14.0. The first-order valence-corrected chi connectivity index (χ1v) is 9.28. The highest BCUT2D eigenvalue weighted by atomic mass is 19.1. The minimum Gasteiger partial charge on any atom is -0.497 e. The van der Waals surface area contributed by atoms with Crippen molar-refractivity contribution >= 4 is 28.5 Å². The average molecular weight is 411 g/mol. The van der Waals surface area contributed by atoms with Crippen LogP contribution >= 0.6 is 0 Å². The van der Waals surface area contributed by atoms with E-state index < -0.39 is 23.3 Å². The Morgan fingerprint density at radius 2 is 2.00 bits per heavy atom. The average Bonchev–Trinajstić information content (AvgIpc) is 3.13. The normalized spacial score (nSPS) is 16.1. The van der Waals surface area contributed by atoms with Crippen LogP contribution in [0.2, 0.25) is 0 Å². The zero-order valence-electron chi connectivity index (χ0n) is 16.1. The van der Waals surface area contributed by atoms with Crippen LogP contribution in [-0.2, 0) is 20.9 Å². The van der Waals surface area contributed by atoms with Crippen LogP contribution in [0.1, 0.15) is 12.0 Å². The van der Waals surface area contributed by atoms with Gasteiger partial charge in [-0.25, -0.2) is 9.18 Å². The number of anilines is 1. The Morgan fingerprint density at radius 1 is 1.20 bits per heavy atom. The number of hydrogen-bond acceptors (Lipinski definition) is 6. The molecule has 0 aliphatic carbocycles. The highest BCUT2D eigenvalue weighted by Gasteiger charge is 2.37. The maximum absolute atomic E-state index is 14.0. The van der Waals surface area contributed by atoms with Gasteiger partial charge in [-0.05, 0) is 24.3 Å². The summed E-state index contributed by atoms with van der Waals surface area (Å²) in [6.45, 7) is -0.120. The summed E-state index contributed by atoms with van der Waals surface area (Å²) in [6.07, 6.45) is -0.0674. The molecule has 30 heavy (non-hydrogen) atoms. The van der Waals surface area contributed by atoms with Crippen molar-refractivity contribution in [3.05, 3.63) is 70.3 Å². The highest BCUT2D eigenvalue weighted by Crippen LogP contribution is 2.28. The van der Waals surface area contributed by atoms with E-state index in [2.05, 4.69) is 0 Å². The fourth-order valence-corrected chi connectivity index (χ4v) is 3.49. The van der Waals surface area contributed by atoms with Gasteiger partial charge in [0.05, 0.1) is 18.7 Å².